The van der Waals surface area contributed by atoms with Gasteiger partial charge in [0, 0.05) is 0 Å². The predicted octanol–water partition coefficient (Wildman–Crippen LogP) is 8.59. The highest BCUT2D eigenvalue weighted by molar-refractivity contribution is 5.89. The number of unbranched alkanes of at least 4 members (excludes halogenated alkanes) is 7. The molecule has 212 valence electrons. The van der Waals surface area contributed by atoms with Crippen molar-refractivity contribution in [2.24, 2.45) is 0 Å². The van der Waals surface area contributed by atoms with Crippen LogP contribution in [0.1, 0.15) is 104 Å². The van der Waals surface area contributed by atoms with Gasteiger partial charge in [-0.25, -0.2) is 4.79 Å². The zero-order chi connectivity index (χ0) is 28.0. The minimum atomic E-state index is -0.414. The van der Waals surface area contributed by atoms with E-state index in [0.717, 1.165) is 54.7 Å². The first-order valence-corrected chi connectivity index (χ1v) is 14.9. The van der Waals surface area contributed by atoms with Crippen LogP contribution in [-0.4, -0.2) is 18.5 Å². The van der Waals surface area contributed by atoms with Gasteiger partial charge < -0.3 is 14.2 Å². The third-order valence-electron chi connectivity index (χ3n) is 7.50. The number of hydrogen-bond acceptors (Lipinski definition) is 5. The Morgan fingerprint density at radius 1 is 0.800 bits per heavy atom. The maximum Gasteiger partial charge on any atom is 0.338 e. The van der Waals surface area contributed by atoms with Crippen LogP contribution in [0.3, 0.4) is 0 Å². The van der Waals surface area contributed by atoms with Gasteiger partial charge in [0.15, 0.2) is 0 Å². The van der Waals surface area contributed by atoms with Crippen molar-refractivity contribution in [3.8, 4) is 11.5 Å². The van der Waals surface area contributed by atoms with Crippen LogP contribution in [0.2, 0.25) is 0 Å². The summed E-state index contributed by atoms with van der Waals surface area (Å²) in [4.78, 5) is 25.5. The second-order valence-electron chi connectivity index (χ2n) is 10.6. The van der Waals surface area contributed by atoms with Gasteiger partial charge in [-0.15, -0.1) is 0 Å². The molecule has 3 aromatic carbocycles. The molecule has 0 bridgehead atoms. The average Bonchev–Trinajstić information content (AvgIpc) is 2.99. The lowest BCUT2D eigenvalue weighted by molar-refractivity contribution is -0.136. The lowest BCUT2D eigenvalue weighted by Gasteiger charge is -2.24. The molecule has 4 rings (SSSR count). The molecule has 0 N–H and O–H groups in total. The van der Waals surface area contributed by atoms with Gasteiger partial charge in [0.05, 0.1) is 18.1 Å². The van der Waals surface area contributed by atoms with E-state index in [9.17, 15) is 9.59 Å². The summed E-state index contributed by atoms with van der Waals surface area (Å²) in [6.07, 6.45) is 12.9. The summed E-state index contributed by atoms with van der Waals surface area (Å²) in [5, 5.41) is 0. The Kier molecular flexibility index (Phi) is 11.6. The molecule has 0 aliphatic heterocycles. The maximum absolute atomic E-state index is 13.1. The van der Waals surface area contributed by atoms with Gasteiger partial charge in [0.2, 0.25) is 0 Å². The van der Waals surface area contributed by atoms with Gasteiger partial charge in [-0.05, 0) is 78.8 Å². The van der Waals surface area contributed by atoms with Gasteiger partial charge in [0.25, 0.3) is 0 Å². The Bertz CT molecular complexity index is 1200. The number of ether oxygens (including phenoxy) is 3. The van der Waals surface area contributed by atoms with Crippen LogP contribution in [0.15, 0.2) is 72.8 Å². The number of rotatable bonds is 15. The fourth-order valence-corrected chi connectivity index (χ4v) is 5.20. The number of aryl methyl sites for hydroxylation is 1. The molecule has 1 atom stereocenters. The Morgan fingerprint density at radius 2 is 1.50 bits per heavy atom. The first kappa shape index (κ1) is 29.4. The van der Waals surface area contributed by atoms with Gasteiger partial charge in [-0.1, -0.05) is 88.3 Å². The Morgan fingerprint density at radius 3 is 2.25 bits per heavy atom. The number of carbonyl (C=O) groups is 2. The molecule has 0 aromatic heterocycles. The third-order valence-corrected chi connectivity index (χ3v) is 7.50. The molecule has 1 aliphatic rings. The molecule has 0 saturated carbocycles. The molecule has 0 amide bonds. The van der Waals surface area contributed by atoms with E-state index in [0.29, 0.717) is 11.3 Å². The fourth-order valence-electron chi connectivity index (χ4n) is 5.20. The van der Waals surface area contributed by atoms with Crippen LogP contribution in [0.25, 0.3) is 0 Å². The molecule has 1 unspecified atom stereocenters. The van der Waals surface area contributed by atoms with Crippen LogP contribution in [0.5, 0.6) is 11.5 Å². The highest BCUT2D eigenvalue weighted by atomic mass is 16.5. The largest absolute Gasteiger partial charge is 0.494 e. The smallest absolute Gasteiger partial charge is 0.338 e. The number of benzene rings is 3. The van der Waals surface area contributed by atoms with Crippen molar-refractivity contribution in [1.82, 2.24) is 0 Å². The van der Waals surface area contributed by atoms with Crippen LogP contribution in [0, 0.1) is 0 Å². The minimum Gasteiger partial charge on any atom is -0.494 e. The summed E-state index contributed by atoms with van der Waals surface area (Å²) in [7, 11) is 0. The average molecular weight is 543 g/mol. The van der Waals surface area contributed by atoms with Crippen molar-refractivity contribution < 1.29 is 23.8 Å². The number of fused-ring (bicyclic) bond motifs is 1. The lowest BCUT2D eigenvalue weighted by atomic mass is 9.83. The normalized spacial score (nSPS) is 14.3. The highest BCUT2D eigenvalue weighted by Crippen LogP contribution is 2.35. The quantitative estimate of drug-likeness (QED) is 0.109. The molecule has 0 radical (unpaired) electrons. The van der Waals surface area contributed by atoms with Crippen LogP contribution in [-0.2, 0) is 22.6 Å². The first-order chi connectivity index (χ1) is 19.6. The summed E-state index contributed by atoms with van der Waals surface area (Å²) in [5.41, 5.74) is 3.53. The molecular weight excluding hydrogens is 500 g/mol. The van der Waals surface area contributed by atoms with Crippen LogP contribution in [0.4, 0.5) is 0 Å². The van der Waals surface area contributed by atoms with Crippen molar-refractivity contribution in [1.29, 1.82) is 0 Å². The summed E-state index contributed by atoms with van der Waals surface area (Å²) in [6, 6.07) is 22.2. The zero-order valence-corrected chi connectivity index (χ0v) is 23.7. The second-order valence-corrected chi connectivity index (χ2v) is 10.6. The predicted molar refractivity (Wildman–Crippen MR) is 158 cm³/mol. The van der Waals surface area contributed by atoms with Crippen LogP contribution < -0.4 is 9.47 Å². The summed E-state index contributed by atoms with van der Waals surface area (Å²) < 4.78 is 17.1. The summed E-state index contributed by atoms with van der Waals surface area (Å²) in [6.45, 7) is 3.19. The monoisotopic (exact) mass is 542 g/mol. The molecule has 5 heteroatoms. The molecule has 5 nitrogen and oxygen atoms in total. The summed E-state index contributed by atoms with van der Waals surface area (Å²) in [5.74, 6) is 0.310. The number of hydrogen-bond donors (Lipinski definition) is 0. The molecule has 3 aromatic rings. The van der Waals surface area contributed by atoms with Crippen LogP contribution >= 0.6 is 0 Å². The van der Waals surface area contributed by atoms with E-state index in [1.807, 2.05) is 42.5 Å². The van der Waals surface area contributed by atoms with E-state index in [1.165, 1.54) is 44.9 Å². The molecule has 0 fully saturated rings. The van der Waals surface area contributed by atoms with E-state index in [-0.39, 0.29) is 18.5 Å². The van der Waals surface area contributed by atoms with Gasteiger partial charge in [-0.3, -0.25) is 4.79 Å². The van der Waals surface area contributed by atoms with Crippen molar-refractivity contribution in [2.45, 2.75) is 90.1 Å². The standard InChI is InChI=1S/C35H42O5/c1-2-3-4-5-6-7-8-12-24-38-31-22-23-32-29(25-31)16-13-17-33(32)35(37)40-30-20-18-28(19-21-30)34(36)39-26-27-14-10-9-11-15-27/h9-11,14-15,18-23,25,33H,2-8,12-13,16-17,24,26H2,1H3. The van der Waals surface area contributed by atoms with Crippen molar-refractivity contribution in [3.63, 3.8) is 0 Å². The van der Waals surface area contributed by atoms with E-state index in [2.05, 4.69) is 13.0 Å². The molecule has 0 spiro atoms. The Balaban J connectivity index is 1.23. The van der Waals surface area contributed by atoms with Gasteiger partial charge in [-0.2, -0.15) is 0 Å². The number of esters is 2. The SMILES string of the molecule is CCCCCCCCCCOc1ccc2c(c1)CCCC2C(=O)Oc1ccc(C(=O)OCc2ccccc2)cc1. The maximum atomic E-state index is 13.1. The van der Waals surface area contributed by atoms with Gasteiger partial charge >= 0.3 is 11.9 Å². The fraction of sp³-hybridized carbons (Fsp3) is 0.429. The molecule has 1 aliphatic carbocycles. The van der Waals surface area contributed by atoms with Crippen molar-refractivity contribution in [2.75, 3.05) is 6.61 Å². The Labute approximate surface area is 238 Å². The zero-order valence-electron chi connectivity index (χ0n) is 23.7. The lowest BCUT2D eigenvalue weighted by Crippen LogP contribution is -2.23. The van der Waals surface area contributed by atoms with Crippen molar-refractivity contribution >= 4 is 11.9 Å². The summed E-state index contributed by atoms with van der Waals surface area (Å²) >= 11 is 0. The van der Waals surface area contributed by atoms with E-state index < -0.39 is 5.97 Å². The molecule has 0 heterocycles. The Hall–Kier alpha value is -3.60. The minimum absolute atomic E-state index is 0.212. The van der Waals surface area contributed by atoms with E-state index in [1.54, 1.807) is 24.3 Å². The van der Waals surface area contributed by atoms with Gasteiger partial charge in [0.1, 0.15) is 18.1 Å². The highest BCUT2D eigenvalue weighted by Gasteiger charge is 2.28. The third kappa shape index (κ3) is 8.97. The van der Waals surface area contributed by atoms with E-state index >= 15 is 0 Å². The number of carbonyl (C=O) groups excluding carboxylic acids is 2. The first-order valence-electron chi connectivity index (χ1n) is 14.9. The molecule has 0 saturated heterocycles. The topological polar surface area (TPSA) is 61.8 Å². The molecular formula is C35H42O5. The molecule has 40 heavy (non-hydrogen) atoms. The van der Waals surface area contributed by atoms with Crippen molar-refractivity contribution in [3.05, 3.63) is 95.1 Å². The second kappa shape index (κ2) is 15.9. The van der Waals surface area contributed by atoms with E-state index in [4.69, 9.17) is 14.2 Å².